The maximum atomic E-state index is 11.6. The second kappa shape index (κ2) is 7.13. The molecule has 0 aliphatic rings. The molecule has 1 aromatic carbocycles. The summed E-state index contributed by atoms with van der Waals surface area (Å²) in [5.74, 6) is -0.668. The van der Waals surface area contributed by atoms with Gasteiger partial charge >= 0.3 is 12.0 Å². The number of rotatable bonds is 5. The van der Waals surface area contributed by atoms with E-state index in [0.717, 1.165) is 15.7 Å². The van der Waals surface area contributed by atoms with Crippen molar-refractivity contribution in [2.24, 2.45) is 0 Å². The van der Waals surface area contributed by atoms with Gasteiger partial charge in [-0.15, -0.1) is 0 Å². The predicted octanol–water partition coefficient (Wildman–Crippen LogP) is 3.17. The highest BCUT2D eigenvalue weighted by Gasteiger charge is 2.10. The molecular weight excluding hydrogens is 312 g/mol. The first-order valence-electron chi connectivity index (χ1n) is 5.96. The Balaban J connectivity index is 2.66. The molecule has 0 atom stereocenters. The third-order valence-corrected chi connectivity index (χ3v) is 3.00. The van der Waals surface area contributed by atoms with Crippen LogP contribution in [0.5, 0.6) is 0 Å². The summed E-state index contributed by atoms with van der Waals surface area (Å²) in [6, 6.07) is 5.22. The second-order valence-electron chi connectivity index (χ2n) is 4.41. The van der Waals surface area contributed by atoms with Gasteiger partial charge in [0.15, 0.2) is 0 Å². The Morgan fingerprint density at radius 2 is 2.05 bits per heavy atom. The van der Waals surface area contributed by atoms with Crippen molar-refractivity contribution in [2.75, 3.05) is 11.9 Å². The SMILES string of the molecule is CC(C)c1cc(Br)ccc1NC(=O)NCCC(=O)O. The van der Waals surface area contributed by atoms with Crippen molar-refractivity contribution >= 4 is 33.6 Å². The van der Waals surface area contributed by atoms with Crippen LogP contribution in [0.2, 0.25) is 0 Å². The summed E-state index contributed by atoms with van der Waals surface area (Å²) >= 11 is 3.40. The monoisotopic (exact) mass is 328 g/mol. The van der Waals surface area contributed by atoms with Gasteiger partial charge in [0.1, 0.15) is 0 Å². The van der Waals surface area contributed by atoms with E-state index in [1.165, 1.54) is 0 Å². The van der Waals surface area contributed by atoms with Crippen LogP contribution in [0.3, 0.4) is 0 Å². The molecule has 104 valence electrons. The van der Waals surface area contributed by atoms with E-state index < -0.39 is 12.0 Å². The Bertz CT molecular complexity index is 475. The zero-order valence-corrected chi connectivity index (χ0v) is 12.5. The molecule has 0 radical (unpaired) electrons. The topological polar surface area (TPSA) is 78.4 Å². The predicted molar refractivity (Wildman–Crippen MR) is 77.5 cm³/mol. The summed E-state index contributed by atoms with van der Waals surface area (Å²) in [5.41, 5.74) is 1.74. The fraction of sp³-hybridized carbons (Fsp3) is 0.385. The molecule has 0 spiro atoms. The molecule has 0 saturated heterocycles. The number of carboxylic acid groups (broad SMARTS) is 1. The summed E-state index contributed by atoms with van der Waals surface area (Å²) in [5, 5.41) is 13.7. The van der Waals surface area contributed by atoms with E-state index in [-0.39, 0.29) is 18.9 Å². The molecule has 0 aliphatic carbocycles. The van der Waals surface area contributed by atoms with Crippen molar-refractivity contribution in [3.63, 3.8) is 0 Å². The first-order valence-corrected chi connectivity index (χ1v) is 6.75. The lowest BCUT2D eigenvalue weighted by Gasteiger charge is -2.14. The van der Waals surface area contributed by atoms with Crippen LogP contribution in [0.15, 0.2) is 22.7 Å². The zero-order chi connectivity index (χ0) is 14.4. The highest BCUT2D eigenvalue weighted by molar-refractivity contribution is 9.10. The minimum atomic E-state index is -0.938. The summed E-state index contributed by atoms with van der Waals surface area (Å²) in [7, 11) is 0. The van der Waals surface area contributed by atoms with Crippen LogP contribution in [0.1, 0.15) is 31.7 Å². The standard InChI is InChI=1S/C13H17BrN2O3/c1-8(2)10-7-9(14)3-4-11(10)16-13(19)15-6-5-12(17)18/h3-4,7-8H,5-6H2,1-2H3,(H,17,18)(H2,15,16,19). The van der Waals surface area contributed by atoms with Crippen LogP contribution in [0.25, 0.3) is 0 Å². The van der Waals surface area contributed by atoms with Gasteiger partial charge in [-0.2, -0.15) is 0 Å². The number of benzene rings is 1. The largest absolute Gasteiger partial charge is 0.481 e. The average Bonchev–Trinajstić information content (AvgIpc) is 2.30. The highest BCUT2D eigenvalue weighted by Crippen LogP contribution is 2.27. The van der Waals surface area contributed by atoms with Crippen molar-refractivity contribution in [2.45, 2.75) is 26.2 Å². The Morgan fingerprint density at radius 1 is 1.37 bits per heavy atom. The van der Waals surface area contributed by atoms with E-state index in [9.17, 15) is 9.59 Å². The van der Waals surface area contributed by atoms with Crippen molar-refractivity contribution in [1.29, 1.82) is 0 Å². The van der Waals surface area contributed by atoms with E-state index in [0.29, 0.717) is 0 Å². The molecular formula is C13H17BrN2O3. The minimum absolute atomic E-state index is 0.0925. The van der Waals surface area contributed by atoms with Gasteiger partial charge in [0, 0.05) is 16.7 Å². The zero-order valence-electron chi connectivity index (χ0n) is 10.9. The smallest absolute Gasteiger partial charge is 0.319 e. The molecule has 3 N–H and O–H groups in total. The molecule has 5 nitrogen and oxygen atoms in total. The molecule has 0 fully saturated rings. The number of carboxylic acids is 1. The number of carbonyl (C=O) groups excluding carboxylic acids is 1. The normalized spacial score (nSPS) is 10.3. The van der Waals surface area contributed by atoms with Gasteiger partial charge in [0.25, 0.3) is 0 Å². The van der Waals surface area contributed by atoms with Gasteiger partial charge in [-0.05, 0) is 29.7 Å². The Labute approximate surface area is 120 Å². The minimum Gasteiger partial charge on any atom is -0.481 e. The first-order chi connectivity index (χ1) is 8.90. The lowest BCUT2D eigenvalue weighted by Crippen LogP contribution is -2.31. The van der Waals surface area contributed by atoms with Gasteiger partial charge in [0.2, 0.25) is 0 Å². The first kappa shape index (κ1) is 15.5. The van der Waals surface area contributed by atoms with Crippen LogP contribution < -0.4 is 10.6 Å². The van der Waals surface area contributed by atoms with E-state index >= 15 is 0 Å². The molecule has 0 bridgehead atoms. The summed E-state index contributed by atoms with van der Waals surface area (Å²) in [4.78, 5) is 22.0. The van der Waals surface area contributed by atoms with Gasteiger partial charge in [0.05, 0.1) is 6.42 Å². The number of aliphatic carboxylic acids is 1. The van der Waals surface area contributed by atoms with Crippen molar-refractivity contribution in [3.05, 3.63) is 28.2 Å². The molecule has 1 aromatic rings. The van der Waals surface area contributed by atoms with E-state index in [1.807, 2.05) is 32.0 Å². The molecule has 2 amide bonds. The summed E-state index contributed by atoms with van der Waals surface area (Å²) < 4.78 is 0.952. The molecule has 1 rings (SSSR count). The lowest BCUT2D eigenvalue weighted by atomic mass is 10.0. The second-order valence-corrected chi connectivity index (χ2v) is 5.33. The molecule has 0 unspecified atom stereocenters. The fourth-order valence-corrected chi connectivity index (χ4v) is 1.95. The fourth-order valence-electron chi connectivity index (χ4n) is 1.57. The van der Waals surface area contributed by atoms with Crippen molar-refractivity contribution in [3.8, 4) is 0 Å². The third kappa shape index (κ3) is 5.30. The summed E-state index contributed by atoms with van der Waals surface area (Å²) in [6.45, 7) is 4.18. The highest BCUT2D eigenvalue weighted by atomic mass is 79.9. The number of urea groups is 1. The van der Waals surface area contributed by atoms with Crippen molar-refractivity contribution < 1.29 is 14.7 Å². The number of carbonyl (C=O) groups is 2. The molecule has 19 heavy (non-hydrogen) atoms. The molecule has 0 heterocycles. The maximum Gasteiger partial charge on any atom is 0.319 e. The molecule has 0 aromatic heterocycles. The van der Waals surface area contributed by atoms with Crippen LogP contribution in [0, 0.1) is 0 Å². The van der Waals surface area contributed by atoms with E-state index in [4.69, 9.17) is 5.11 Å². The van der Waals surface area contributed by atoms with Crippen molar-refractivity contribution in [1.82, 2.24) is 5.32 Å². The summed E-state index contributed by atoms with van der Waals surface area (Å²) in [6.07, 6.45) is -0.0925. The maximum absolute atomic E-state index is 11.6. The Hall–Kier alpha value is -1.56. The average molecular weight is 329 g/mol. The van der Waals surface area contributed by atoms with Gasteiger partial charge in [-0.3, -0.25) is 4.79 Å². The van der Waals surface area contributed by atoms with E-state index in [2.05, 4.69) is 26.6 Å². The number of hydrogen-bond acceptors (Lipinski definition) is 2. The van der Waals surface area contributed by atoms with Crippen LogP contribution in [0.4, 0.5) is 10.5 Å². The number of anilines is 1. The quantitative estimate of drug-likeness (QED) is 0.776. The third-order valence-electron chi connectivity index (χ3n) is 2.51. The number of hydrogen-bond donors (Lipinski definition) is 3. The number of nitrogens with one attached hydrogen (secondary N) is 2. The van der Waals surface area contributed by atoms with Crippen LogP contribution in [-0.4, -0.2) is 23.7 Å². The Kier molecular flexibility index (Phi) is 5.82. The lowest BCUT2D eigenvalue weighted by molar-refractivity contribution is -0.136. The molecule has 6 heteroatoms. The molecule has 0 aliphatic heterocycles. The van der Waals surface area contributed by atoms with E-state index in [1.54, 1.807) is 0 Å². The van der Waals surface area contributed by atoms with Gasteiger partial charge in [-0.1, -0.05) is 29.8 Å². The van der Waals surface area contributed by atoms with Crippen LogP contribution in [-0.2, 0) is 4.79 Å². The van der Waals surface area contributed by atoms with Gasteiger partial charge < -0.3 is 15.7 Å². The Morgan fingerprint density at radius 3 is 2.63 bits per heavy atom. The van der Waals surface area contributed by atoms with Crippen LogP contribution >= 0.6 is 15.9 Å². The number of halogens is 1. The molecule has 0 saturated carbocycles. The number of amides is 2. The van der Waals surface area contributed by atoms with Gasteiger partial charge in [-0.25, -0.2) is 4.79 Å².